The molecule has 3 nitrogen and oxygen atoms in total. The predicted molar refractivity (Wildman–Crippen MR) is 92.2 cm³/mol. The number of nitrogens with two attached hydrogens (primary N) is 1. The molecule has 1 amide bonds. The standard InChI is InChI=1S/C20H22N2O/c21-16-10-8-15(9-11-16)20(23)22(17-12-13-17)19-7-3-5-14-4-1-2-6-18(14)19/h1-2,4,6,8-11,17,19H,3,5,7,12-13,21H2. The van der Waals surface area contributed by atoms with Gasteiger partial charge in [-0.1, -0.05) is 24.3 Å². The van der Waals surface area contributed by atoms with Crippen molar-refractivity contribution in [2.45, 2.75) is 44.2 Å². The van der Waals surface area contributed by atoms with Crippen molar-refractivity contribution in [1.29, 1.82) is 0 Å². The van der Waals surface area contributed by atoms with E-state index in [9.17, 15) is 4.79 Å². The lowest BCUT2D eigenvalue weighted by molar-refractivity contribution is 0.0638. The molecule has 1 saturated carbocycles. The van der Waals surface area contributed by atoms with E-state index in [0.29, 0.717) is 11.7 Å². The minimum absolute atomic E-state index is 0.147. The third-order valence-electron chi connectivity index (χ3n) is 5.01. The number of nitrogens with zero attached hydrogens (tertiary/aromatic N) is 1. The van der Waals surface area contributed by atoms with E-state index in [4.69, 9.17) is 5.73 Å². The number of fused-ring (bicyclic) bond motifs is 1. The second kappa shape index (κ2) is 5.73. The number of hydrogen-bond donors (Lipinski definition) is 1. The lowest BCUT2D eigenvalue weighted by atomic mass is 9.86. The van der Waals surface area contributed by atoms with Crippen LogP contribution >= 0.6 is 0 Å². The Balaban J connectivity index is 1.69. The SMILES string of the molecule is Nc1ccc(C(=O)N(C2CC2)C2CCCc3ccccc32)cc1. The molecule has 4 rings (SSSR count). The Kier molecular flexibility index (Phi) is 3.56. The van der Waals surface area contributed by atoms with Crippen molar-refractivity contribution in [2.24, 2.45) is 0 Å². The van der Waals surface area contributed by atoms with E-state index in [0.717, 1.165) is 37.7 Å². The Morgan fingerprint density at radius 2 is 1.74 bits per heavy atom. The first-order valence-electron chi connectivity index (χ1n) is 8.50. The van der Waals surface area contributed by atoms with Gasteiger partial charge in [0, 0.05) is 17.3 Å². The fourth-order valence-electron chi connectivity index (χ4n) is 3.71. The summed E-state index contributed by atoms with van der Waals surface area (Å²) in [5.74, 6) is 0.147. The largest absolute Gasteiger partial charge is 0.399 e. The molecule has 0 radical (unpaired) electrons. The molecule has 2 aliphatic carbocycles. The monoisotopic (exact) mass is 306 g/mol. The molecule has 0 heterocycles. The Bertz CT molecular complexity index is 719. The van der Waals surface area contributed by atoms with Gasteiger partial charge in [-0.2, -0.15) is 0 Å². The molecular formula is C20H22N2O. The maximum absolute atomic E-state index is 13.1. The molecule has 1 atom stereocenters. The van der Waals surface area contributed by atoms with E-state index in [1.807, 2.05) is 24.3 Å². The zero-order valence-electron chi connectivity index (χ0n) is 13.2. The summed E-state index contributed by atoms with van der Waals surface area (Å²) in [5.41, 5.74) is 9.94. The average Bonchev–Trinajstić information content (AvgIpc) is 3.41. The van der Waals surface area contributed by atoms with Gasteiger partial charge in [-0.25, -0.2) is 0 Å². The molecule has 0 aromatic heterocycles. The van der Waals surface area contributed by atoms with Crippen LogP contribution in [0.25, 0.3) is 0 Å². The Hall–Kier alpha value is -2.29. The van der Waals surface area contributed by atoms with E-state index in [1.54, 1.807) is 0 Å². The Morgan fingerprint density at radius 3 is 2.48 bits per heavy atom. The van der Waals surface area contributed by atoms with Gasteiger partial charge in [0.25, 0.3) is 5.91 Å². The maximum atomic E-state index is 13.1. The number of rotatable bonds is 3. The molecule has 0 spiro atoms. The van der Waals surface area contributed by atoms with Crippen LogP contribution in [0.1, 0.15) is 53.2 Å². The number of aryl methyl sites for hydroxylation is 1. The first-order chi connectivity index (χ1) is 11.2. The molecule has 3 heteroatoms. The molecule has 118 valence electrons. The zero-order chi connectivity index (χ0) is 15.8. The van der Waals surface area contributed by atoms with Crippen molar-refractivity contribution in [1.82, 2.24) is 4.90 Å². The number of carbonyl (C=O) groups excluding carboxylic acids is 1. The quantitative estimate of drug-likeness (QED) is 0.873. The molecule has 0 aliphatic heterocycles. The van der Waals surface area contributed by atoms with Crippen molar-refractivity contribution in [3.05, 3.63) is 65.2 Å². The number of carbonyl (C=O) groups is 1. The highest BCUT2D eigenvalue weighted by Crippen LogP contribution is 2.41. The van der Waals surface area contributed by atoms with Crippen LogP contribution in [-0.4, -0.2) is 16.8 Å². The maximum Gasteiger partial charge on any atom is 0.254 e. The predicted octanol–water partition coefficient (Wildman–Crippen LogP) is 3.95. The van der Waals surface area contributed by atoms with Gasteiger partial charge >= 0.3 is 0 Å². The summed E-state index contributed by atoms with van der Waals surface area (Å²) in [6.07, 6.45) is 5.59. The fourth-order valence-corrected chi connectivity index (χ4v) is 3.71. The van der Waals surface area contributed by atoms with E-state index >= 15 is 0 Å². The van der Waals surface area contributed by atoms with Crippen molar-refractivity contribution in [3.8, 4) is 0 Å². The minimum Gasteiger partial charge on any atom is -0.399 e. The third kappa shape index (κ3) is 2.72. The van der Waals surface area contributed by atoms with E-state index in [1.165, 1.54) is 11.1 Å². The smallest absolute Gasteiger partial charge is 0.254 e. The summed E-state index contributed by atoms with van der Waals surface area (Å²) in [5, 5.41) is 0. The second-order valence-electron chi connectivity index (χ2n) is 6.67. The van der Waals surface area contributed by atoms with Gasteiger partial charge in [0.15, 0.2) is 0 Å². The second-order valence-corrected chi connectivity index (χ2v) is 6.67. The molecule has 2 aromatic carbocycles. The molecule has 0 saturated heterocycles. The summed E-state index contributed by atoms with van der Waals surface area (Å²) in [7, 11) is 0. The first kappa shape index (κ1) is 14.3. The number of anilines is 1. The Morgan fingerprint density at radius 1 is 1.00 bits per heavy atom. The van der Waals surface area contributed by atoms with Gasteiger partial charge in [0.2, 0.25) is 0 Å². The van der Waals surface area contributed by atoms with Gasteiger partial charge in [-0.3, -0.25) is 4.79 Å². The summed E-state index contributed by atoms with van der Waals surface area (Å²) in [4.78, 5) is 15.3. The van der Waals surface area contributed by atoms with Crippen LogP contribution in [0.3, 0.4) is 0 Å². The summed E-state index contributed by atoms with van der Waals surface area (Å²) in [6, 6.07) is 16.5. The topological polar surface area (TPSA) is 46.3 Å². The summed E-state index contributed by atoms with van der Waals surface area (Å²) >= 11 is 0. The first-order valence-corrected chi connectivity index (χ1v) is 8.50. The highest BCUT2D eigenvalue weighted by Gasteiger charge is 2.39. The molecule has 2 aliphatic rings. The van der Waals surface area contributed by atoms with Crippen LogP contribution in [0.4, 0.5) is 5.69 Å². The van der Waals surface area contributed by atoms with Gasteiger partial charge in [0.1, 0.15) is 0 Å². The van der Waals surface area contributed by atoms with Gasteiger partial charge < -0.3 is 10.6 Å². The highest BCUT2D eigenvalue weighted by molar-refractivity contribution is 5.95. The van der Waals surface area contributed by atoms with Gasteiger partial charge in [-0.05, 0) is 67.5 Å². The Labute approximate surface area is 137 Å². The molecule has 1 unspecified atom stereocenters. The van der Waals surface area contributed by atoms with Crippen molar-refractivity contribution < 1.29 is 4.79 Å². The van der Waals surface area contributed by atoms with Crippen LogP contribution in [0, 0.1) is 0 Å². The lowest BCUT2D eigenvalue weighted by Gasteiger charge is -2.36. The summed E-state index contributed by atoms with van der Waals surface area (Å²) in [6.45, 7) is 0. The zero-order valence-corrected chi connectivity index (χ0v) is 13.2. The minimum atomic E-state index is 0.147. The summed E-state index contributed by atoms with van der Waals surface area (Å²) < 4.78 is 0. The van der Waals surface area contributed by atoms with Crippen molar-refractivity contribution >= 4 is 11.6 Å². The molecule has 2 N–H and O–H groups in total. The molecule has 23 heavy (non-hydrogen) atoms. The van der Waals surface area contributed by atoms with Crippen LogP contribution in [-0.2, 0) is 6.42 Å². The van der Waals surface area contributed by atoms with E-state index in [2.05, 4.69) is 29.2 Å². The van der Waals surface area contributed by atoms with Crippen LogP contribution in [0.15, 0.2) is 48.5 Å². The molecular weight excluding hydrogens is 284 g/mol. The van der Waals surface area contributed by atoms with Crippen LogP contribution in [0.5, 0.6) is 0 Å². The lowest BCUT2D eigenvalue weighted by Crippen LogP contribution is -2.38. The number of amides is 1. The highest BCUT2D eigenvalue weighted by atomic mass is 16.2. The van der Waals surface area contributed by atoms with Crippen LogP contribution < -0.4 is 5.73 Å². The third-order valence-corrected chi connectivity index (χ3v) is 5.01. The van der Waals surface area contributed by atoms with Gasteiger partial charge in [0.05, 0.1) is 6.04 Å². The van der Waals surface area contributed by atoms with Crippen molar-refractivity contribution in [2.75, 3.05) is 5.73 Å². The van der Waals surface area contributed by atoms with E-state index < -0.39 is 0 Å². The number of benzene rings is 2. The van der Waals surface area contributed by atoms with Crippen LogP contribution in [0.2, 0.25) is 0 Å². The molecule has 1 fully saturated rings. The molecule has 2 aromatic rings. The fraction of sp³-hybridized carbons (Fsp3) is 0.350. The molecule has 0 bridgehead atoms. The van der Waals surface area contributed by atoms with Crippen molar-refractivity contribution in [3.63, 3.8) is 0 Å². The van der Waals surface area contributed by atoms with E-state index in [-0.39, 0.29) is 11.9 Å². The van der Waals surface area contributed by atoms with Gasteiger partial charge in [-0.15, -0.1) is 0 Å². The number of nitrogen functional groups attached to an aromatic ring is 1. The number of hydrogen-bond acceptors (Lipinski definition) is 2. The normalized spacial score (nSPS) is 19.9. The average molecular weight is 306 g/mol.